The normalized spacial score (nSPS) is 13.4. The van der Waals surface area contributed by atoms with Crippen LogP contribution in [-0.2, 0) is 0 Å². The van der Waals surface area contributed by atoms with Crippen molar-refractivity contribution in [2.24, 2.45) is 0 Å². The highest BCUT2D eigenvalue weighted by Crippen LogP contribution is 2.04. The van der Waals surface area contributed by atoms with E-state index in [2.05, 4.69) is 19.2 Å². The average molecular weight is 177 g/mol. The highest BCUT2D eigenvalue weighted by atomic mass is 32.2. The molecular formula is C8H19NOS. The number of hydrogen-bond acceptors (Lipinski definition) is 3. The van der Waals surface area contributed by atoms with Crippen LogP contribution in [0.1, 0.15) is 20.3 Å². The van der Waals surface area contributed by atoms with Crippen LogP contribution in [0.5, 0.6) is 0 Å². The topological polar surface area (TPSA) is 32.3 Å². The van der Waals surface area contributed by atoms with Crippen LogP contribution in [0, 0.1) is 0 Å². The number of nitrogens with one attached hydrogen (secondary N) is 1. The molecule has 11 heavy (non-hydrogen) atoms. The lowest BCUT2D eigenvalue weighted by molar-refractivity contribution is 0.271. The summed E-state index contributed by atoms with van der Waals surface area (Å²) in [5, 5.41) is 12.1. The van der Waals surface area contributed by atoms with E-state index >= 15 is 0 Å². The van der Waals surface area contributed by atoms with Crippen LogP contribution in [-0.4, -0.2) is 35.8 Å². The highest BCUT2D eigenvalue weighted by molar-refractivity contribution is 7.99. The van der Waals surface area contributed by atoms with Gasteiger partial charge in [0.25, 0.3) is 0 Å². The summed E-state index contributed by atoms with van der Waals surface area (Å²) < 4.78 is 0. The SMILES string of the molecule is CCNC(CCO)CSCC. The minimum Gasteiger partial charge on any atom is -0.396 e. The number of aliphatic hydroxyl groups is 1. The summed E-state index contributed by atoms with van der Waals surface area (Å²) in [5.41, 5.74) is 0. The van der Waals surface area contributed by atoms with Crippen molar-refractivity contribution in [2.75, 3.05) is 24.7 Å². The Balaban J connectivity index is 3.34. The van der Waals surface area contributed by atoms with Gasteiger partial charge in [-0.2, -0.15) is 11.8 Å². The van der Waals surface area contributed by atoms with E-state index in [0.717, 1.165) is 24.5 Å². The van der Waals surface area contributed by atoms with Crippen LogP contribution < -0.4 is 5.32 Å². The molecule has 0 aliphatic carbocycles. The summed E-state index contributed by atoms with van der Waals surface area (Å²) in [7, 11) is 0. The van der Waals surface area contributed by atoms with Crippen molar-refractivity contribution in [1.82, 2.24) is 5.32 Å². The number of rotatable bonds is 7. The van der Waals surface area contributed by atoms with Crippen molar-refractivity contribution in [1.29, 1.82) is 0 Å². The van der Waals surface area contributed by atoms with Crippen molar-refractivity contribution in [3.63, 3.8) is 0 Å². The lowest BCUT2D eigenvalue weighted by Gasteiger charge is -2.15. The van der Waals surface area contributed by atoms with Crippen molar-refractivity contribution in [2.45, 2.75) is 26.3 Å². The molecule has 0 amide bonds. The van der Waals surface area contributed by atoms with Crippen LogP contribution in [0.3, 0.4) is 0 Å². The van der Waals surface area contributed by atoms with Crippen molar-refractivity contribution < 1.29 is 5.11 Å². The molecule has 0 spiro atoms. The Morgan fingerprint density at radius 2 is 2.18 bits per heavy atom. The minimum absolute atomic E-state index is 0.294. The van der Waals surface area contributed by atoms with Crippen LogP contribution in [0.15, 0.2) is 0 Å². The Kier molecular flexibility index (Phi) is 8.57. The maximum atomic E-state index is 8.71. The van der Waals surface area contributed by atoms with Gasteiger partial charge < -0.3 is 10.4 Å². The van der Waals surface area contributed by atoms with Gasteiger partial charge in [-0.1, -0.05) is 13.8 Å². The number of aliphatic hydroxyl groups excluding tert-OH is 1. The van der Waals surface area contributed by atoms with Gasteiger partial charge in [0.1, 0.15) is 0 Å². The standard InChI is InChI=1S/C8H19NOS/c1-3-9-8(5-6-10)7-11-4-2/h8-10H,3-7H2,1-2H3. The summed E-state index contributed by atoms with van der Waals surface area (Å²) in [4.78, 5) is 0. The first-order valence-electron chi connectivity index (χ1n) is 4.27. The molecule has 0 radical (unpaired) electrons. The molecule has 0 saturated carbocycles. The Morgan fingerprint density at radius 1 is 1.45 bits per heavy atom. The lowest BCUT2D eigenvalue weighted by atomic mass is 10.2. The zero-order valence-electron chi connectivity index (χ0n) is 7.47. The zero-order valence-corrected chi connectivity index (χ0v) is 8.28. The molecule has 0 aromatic carbocycles. The van der Waals surface area contributed by atoms with E-state index in [0.29, 0.717) is 12.6 Å². The minimum atomic E-state index is 0.294. The average Bonchev–Trinajstić information content (AvgIpc) is 2.01. The number of thioether (sulfide) groups is 1. The third-order valence-corrected chi connectivity index (χ3v) is 2.54. The van der Waals surface area contributed by atoms with Crippen LogP contribution >= 0.6 is 11.8 Å². The Hall–Kier alpha value is 0.270. The molecule has 1 unspecified atom stereocenters. The molecule has 0 aromatic rings. The maximum Gasteiger partial charge on any atom is 0.0446 e. The van der Waals surface area contributed by atoms with Gasteiger partial charge >= 0.3 is 0 Å². The molecule has 0 fully saturated rings. The fourth-order valence-corrected chi connectivity index (χ4v) is 1.75. The van der Waals surface area contributed by atoms with Gasteiger partial charge in [-0.15, -0.1) is 0 Å². The molecule has 0 aliphatic rings. The monoisotopic (exact) mass is 177 g/mol. The molecule has 0 bridgehead atoms. The summed E-state index contributed by atoms with van der Waals surface area (Å²) in [6, 6.07) is 0.495. The Morgan fingerprint density at radius 3 is 2.64 bits per heavy atom. The van der Waals surface area contributed by atoms with E-state index in [1.807, 2.05) is 11.8 Å². The van der Waals surface area contributed by atoms with E-state index in [1.54, 1.807) is 0 Å². The molecule has 2 nitrogen and oxygen atoms in total. The summed E-state index contributed by atoms with van der Waals surface area (Å²) >= 11 is 1.92. The fraction of sp³-hybridized carbons (Fsp3) is 1.00. The van der Waals surface area contributed by atoms with Gasteiger partial charge in [-0.05, 0) is 18.7 Å². The van der Waals surface area contributed by atoms with Gasteiger partial charge in [0.15, 0.2) is 0 Å². The predicted octanol–water partition coefficient (Wildman–Crippen LogP) is 1.10. The summed E-state index contributed by atoms with van der Waals surface area (Å²) in [6.45, 7) is 5.55. The maximum absolute atomic E-state index is 8.71. The van der Waals surface area contributed by atoms with Crippen molar-refractivity contribution in [3.05, 3.63) is 0 Å². The van der Waals surface area contributed by atoms with Gasteiger partial charge in [0.2, 0.25) is 0 Å². The Bertz CT molecular complexity index is 74.5. The first kappa shape index (κ1) is 11.3. The van der Waals surface area contributed by atoms with Crippen LogP contribution in [0.25, 0.3) is 0 Å². The molecule has 0 aromatic heterocycles. The molecule has 1 atom stereocenters. The molecule has 2 N–H and O–H groups in total. The first-order valence-corrected chi connectivity index (χ1v) is 5.42. The second-order valence-electron chi connectivity index (χ2n) is 2.43. The molecule has 3 heteroatoms. The highest BCUT2D eigenvalue weighted by Gasteiger charge is 2.04. The van der Waals surface area contributed by atoms with Crippen LogP contribution in [0.2, 0.25) is 0 Å². The largest absolute Gasteiger partial charge is 0.396 e. The van der Waals surface area contributed by atoms with E-state index in [9.17, 15) is 0 Å². The van der Waals surface area contributed by atoms with Gasteiger partial charge in [0.05, 0.1) is 0 Å². The predicted molar refractivity (Wildman–Crippen MR) is 52.2 cm³/mol. The van der Waals surface area contributed by atoms with Gasteiger partial charge in [-0.25, -0.2) is 0 Å². The van der Waals surface area contributed by atoms with Crippen LogP contribution in [0.4, 0.5) is 0 Å². The van der Waals surface area contributed by atoms with Crippen molar-refractivity contribution >= 4 is 11.8 Å². The van der Waals surface area contributed by atoms with Crippen molar-refractivity contribution in [3.8, 4) is 0 Å². The molecular weight excluding hydrogens is 158 g/mol. The zero-order chi connectivity index (χ0) is 8.53. The van der Waals surface area contributed by atoms with E-state index in [1.165, 1.54) is 0 Å². The van der Waals surface area contributed by atoms with Gasteiger partial charge in [0, 0.05) is 18.4 Å². The smallest absolute Gasteiger partial charge is 0.0446 e. The van der Waals surface area contributed by atoms with Gasteiger partial charge in [-0.3, -0.25) is 0 Å². The Labute approximate surface area is 73.8 Å². The molecule has 0 aliphatic heterocycles. The van der Waals surface area contributed by atoms with E-state index in [-0.39, 0.29) is 0 Å². The number of hydrogen-bond donors (Lipinski definition) is 2. The molecule has 0 rings (SSSR count). The lowest BCUT2D eigenvalue weighted by Crippen LogP contribution is -2.32. The summed E-state index contributed by atoms with van der Waals surface area (Å²) in [6.07, 6.45) is 0.876. The second-order valence-corrected chi connectivity index (χ2v) is 3.75. The molecule has 0 heterocycles. The fourth-order valence-electron chi connectivity index (χ4n) is 0.949. The third-order valence-electron chi connectivity index (χ3n) is 1.49. The quantitative estimate of drug-likeness (QED) is 0.611. The van der Waals surface area contributed by atoms with E-state index in [4.69, 9.17) is 5.11 Å². The molecule has 68 valence electrons. The second kappa shape index (κ2) is 8.37. The summed E-state index contributed by atoms with van der Waals surface area (Å²) in [5.74, 6) is 2.28. The molecule has 0 saturated heterocycles. The first-order chi connectivity index (χ1) is 5.35. The third kappa shape index (κ3) is 6.66. The van der Waals surface area contributed by atoms with E-state index < -0.39 is 0 Å².